The molecule has 0 aromatic heterocycles. The van der Waals surface area contributed by atoms with E-state index in [1.807, 2.05) is 0 Å². The fourth-order valence-electron chi connectivity index (χ4n) is 1.89. The summed E-state index contributed by atoms with van der Waals surface area (Å²) in [6, 6.07) is 7.82. The zero-order chi connectivity index (χ0) is 18.4. The van der Waals surface area contributed by atoms with Gasteiger partial charge in [-0.15, -0.1) is 0 Å². The van der Waals surface area contributed by atoms with Crippen molar-refractivity contribution in [3.05, 3.63) is 59.7 Å². The molecule has 0 radical (unpaired) electrons. The number of carbonyl (C=O) groups excluding carboxylic acids is 2. The Balaban J connectivity index is 1.97. The van der Waals surface area contributed by atoms with Gasteiger partial charge >= 0.3 is 6.61 Å². The van der Waals surface area contributed by atoms with E-state index < -0.39 is 36.6 Å². The third-order valence-electron chi connectivity index (χ3n) is 2.96. The molecule has 2 rings (SSSR count). The Morgan fingerprint density at radius 2 is 1.80 bits per heavy atom. The molecule has 0 atom stereocenters. The van der Waals surface area contributed by atoms with Crippen molar-refractivity contribution in [2.75, 3.05) is 11.9 Å². The third-order valence-corrected chi connectivity index (χ3v) is 2.96. The third kappa shape index (κ3) is 5.20. The van der Waals surface area contributed by atoms with Gasteiger partial charge in [0.25, 0.3) is 5.91 Å². The van der Waals surface area contributed by atoms with Crippen molar-refractivity contribution < 1.29 is 31.9 Å². The van der Waals surface area contributed by atoms with E-state index in [0.29, 0.717) is 6.07 Å². The monoisotopic (exact) mass is 356 g/mol. The van der Waals surface area contributed by atoms with Gasteiger partial charge in [0.2, 0.25) is 5.91 Å². The molecule has 9 heteroatoms. The van der Waals surface area contributed by atoms with Crippen LogP contribution in [0.15, 0.2) is 42.5 Å². The van der Waals surface area contributed by atoms with Gasteiger partial charge in [0.15, 0.2) is 0 Å². The molecule has 2 amide bonds. The predicted octanol–water partition coefficient (Wildman–Crippen LogP) is 2.93. The summed E-state index contributed by atoms with van der Waals surface area (Å²) in [5.41, 5.74) is -0.453. The Bertz CT molecular complexity index is 784. The molecule has 5 nitrogen and oxygen atoms in total. The number of amides is 2. The molecule has 0 unspecified atom stereocenters. The molecular formula is C16H12F4N2O3. The van der Waals surface area contributed by atoms with E-state index in [0.717, 1.165) is 12.1 Å². The fraction of sp³-hybridized carbons (Fsp3) is 0.125. The summed E-state index contributed by atoms with van der Waals surface area (Å²) in [5, 5.41) is 4.34. The summed E-state index contributed by atoms with van der Waals surface area (Å²) in [5.74, 6) is -3.74. The smallest absolute Gasteiger partial charge is 0.387 e. The maximum Gasteiger partial charge on any atom is 0.387 e. The van der Waals surface area contributed by atoms with Gasteiger partial charge < -0.3 is 15.4 Å². The average molecular weight is 356 g/mol. The molecule has 0 aliphatic carbocycles. The highest BCUT2D eigenvalue weighted by atomic mass is 19.3. The van der Waals surface area contributed by atoms with Crippen molar-refractivity contribution in [1.82, 2.24) is 5.32 Å². The normalized spacial score (nSPS) is 10.4. The first-order valence-electron chi connectivity index (χ1n) is 6.93. The molecule has 0 fully saturated rings. The van der Waals surface area contributed by atoms with Crippen LogP contribution in [0.2, 0.25) is 0 Å². The minimum absolute atomic E-state index is 0.191. The van der Waals surface area contributed by atoms with Crippen molar-refractivity contribution in [3.63, 3.8) is 0 Å². The van der Waals surface area contributed by atoms with Crippen LogP contribution in [0.5, 0.6) is 5.75 Å². The number of halogens is 4. The molecule has 0 saturated heterocycles. The standard InChI is InChI=1S/C16H12F4N2O3/c17-9-5-6-12(11(18)7-9)22-14(23)8-21-15(24)10-3-1-2-4-13(10)25-16(19)20/h1-7,16H,8H2,(H,21,24)(H,22,23). The average Bonchev–Trinajstić information content (AvgIpc) is 2.55. The van der Waals surface area contributed by atoms with Crippen LogP contribution in [-0.4, -0.2) is 25.0 Å². The molecule has 2 N–H and O–H groups in total. The van der Waals surface area contributed by atoms with Gasteiger partial charge in [-0.1, -0.05) is 12.1 Å². The number of benzene rings is 2. The molecule has 132 valence electrons. The van der Waals surface area contributed by atoms with E-state index in [2.05, 4.69) is 15.4 Å². The molecule has 2 aromatic rings. The lowest BCUT2D eigenvalue weighted by Gasteiger charge is -2.11. The van der Waals surface area contributed by atoms with Crippen LogP contribution in [0.4, 0.5) is 23.2 Å². The second-order valence-corrected chi connectivity index (χ2v) is 4.73. The van der Waals surface area contributed by atoms with E-state index in [4.69, 9.17) is 0 Å². The minimum Gasteiger partial charge on any atom is -0.434 e. The number of para-hydroxylation sites is 1. The first kappa shape index (κ1) is 18.2. The Morgan fingerprint density at radius 1 is 1.08 bits per heavy atom. The predicted molar refractivity (Wildman–Crippen MR) is 80.4 cm³/mol. The van der Waals surface area contributed by atoms with Crippen LogP contribution >= 0.6 is 0 Å². The maximum absolute atomic E-state index is 13.4. The Hall–Kier alpha value is -3.10. The summed E-state index contributed by atoms with van der Waals surface area (Å²) in [4.78, 5) is 23.7. The topological polar surface area (TPSA) is 67.4 Å². The van der Waals surface area contributed by atoms with Gasteiger partial charge in [-0.25, -0.2) is 8.78 Å². The SMILES string of the molecule is O=C(CNC(=O)c1ccccc1OC(F)F)Nc1ccc(F)cc1F. The van der Waals surface area contributed by atoms with E-state index in [-0.39, 0.29) is 17.0 Å². The van der Waals surface area contributed by atoms with Crippen molar-refractivity contribution in [3.8, 4) is 5.75 Å². The van der Waals surface area contributed by atoms with Gasteiger partial charge in [-0.05, 0) is 24.3 Å². The van der Waals surface area contributed by atoms with E-state index >= 15 is 0 Å². The number of hydrogen-bond acceptors (Lipinski definition) is 3. The lowest BCUT2D eigenvalue weighted by molar-refractivity contribution is -0.115. The summed E-state index contributed by atoms with van der Waals surface area (Å²) in [6.07, 6.45) is 0. The zero-order valence-corrected chi connectivity index (χ0v) is 12.6. The van der Waals surface area contributed by atoms with Gasteiger partial charge in [0.1, 0.15) is 17.4 Å². The second kappa shape index (κ2) is 8.13. The van der Waals surface area contributed by atoms with Gasteiger partial charge in [0, 0.05) is 6.07 Å². The largest absolute Gasteiger partial charge is 0.434 e. The molecule has 0 aliphatic rings. The van der Waals surface area contributed by atoms with Crippen LogP contribution in [0.1, 0.15) is 10.4 Å². The molecule has 0 heterocycles. The number of hydrogen-bond donors (Lipinski definition) is 2. The summed E-state index contributed by atoms with van der Waals surface area (Å²) in [7, 11) is 0. The van der Waals surface area contributed by atoms with Crippen LogP contribution in [0, 0.1) is 11.6 Å². The molecular weight excluding hydrogens is 344 g/mol. The summed E-state index contributed by atoms with van der Waals surface area (Å²) >= 11 is 0. The first-order valence-corrected chi connectivity index (χ1v) is 6.93. The molecule has 0 spiro atoms. The number of anilines is 1. The Morgan fingerprint density at radius 3 is 2.48 bits per heavy atom. The molecule has 2 aromatic carbocycles. The van der Waals surface area contributed by atoms with Gasteiger partial charge in [0.05, 0.1) is 17.8 Å². The van der Waals surface area contributed by atoms with Crippen molar-refractivity contribution >= 4 is 17.5 Å². The highest BCUT2D eigenvalue weighted by Crippen LogP contribution is 2.20. The Labute approximate surface area is 139 Å². The number of carbonyl (C=O) groups is 2. The van der Waals surface area contributed by atoms with Crippen LogP contribution in [0.3, 0.4) is 0 Å². The van der Waals surface area contributed by atoms with Crippen LogP contribution in [0.25, 0.3) is 0 Å². The first-order chi connectivity index (χ1) is 11.9. The van der Waals surface area contributed by atoms with E-state index in [1.165, 1.54) is 24.3 Å². The van der Waals surface area contributed by atoms with Gasteiger partial charge in [-0.3, -0.25) is 9.59 Å². The quantitative estimate of drug-likeness (QED) is 0.782. The lowest BCUT2D eigenvalue weighted by atomic mass is 10.2. The molecule has 25 heavy (non-hydrogen) atoms. The molecule has 0 bridgehead atoms. The second-order valence-electron chi connectivity index (χ2n) is 4.73. The number of alkyl halides is 2. The summed E-state index contributed by atoms with van der Waals surface area (Å²) in [6.45, 7) is -3.67. The maximum atomic E-state index is 13.4. The zero-order valence-electron chi connectivity index (χ0n) is 12.6. The molecule has 0 aliphatic heterocycles. The molecule has 0 saturated carbocycles. The lowest BCUT2D eigenvalue weighted by Crippen LogP contribution is -2.33. The van der Waals surface area contributed by atoms with E-state index in [1.54, 1.807) is 0 Å². The highest BCUT2D eigenvalue weighted by molar-refractivity contribution is 6.00. The van der Waals surface area contributed by atoms with Crippen molar-refractivity contribution in [2.24, 2.45) is 0 Å². The van der Waals surface area contributed by atoms with E-state index in [9.17, 15) is 27.2 Å². The van der Waals surface area contributed by atoms with Gasteiger partial charge in [-0.2, -0.15) is 8.78 Å². The number of rotatable bonds is 6. The summed E-state index contributed by atoms with van der Waals surface area (Å²) < 4.78 is 55.0. The van der Waals surface area contributed by atoms with Crippen molar-refractivity contribution in [2.45, 2.75) is 6.61 Å². The van der Waals surface area contributed by atoms with Crippen LogP contribution < -0.4 is 15.4 Å². The number of nitrogens with one attached hydrogen (secondary N) is 2. The fourth-order valence-corrected chi connectivity index (χ4v) is 1.89. The number of ether oxygens (including phenoxy) is 1. The van der Waals surface area contributed by atoms with Crippen molar-refractivity contribution in [1.29, 1.82) is 0 Å². The van der Waals surface area contributed by atoms with Crippen LogP contribution in [-0.2, 0) is 4.79 Å². The Kier molecular flexibility index (Phi) is 5.93. The minimum atomic E-state index is -3.11. The highest BCUT2D eigenvalue weighted by Gasteiger charge is 2.16.